The first-order valence-electron chi connectivity index (χ1n) is 4.00. The minimum Gasteiger partial charge on any atom is -0.478 e. The van der Waals surface area contributed by atoms with Crippen molar-refractivity contribution < 1.29 is 9.90 Å². The quantitative estimate of drug-likeness (QED) is 0.571. The largest absolute Gasteiger partial charge is 0.478 e. The van der Waals surface area contributed by atoms with E-state index in [4.69, 9.17) is 5.11 Å². The maximum Gasteiger partial charge on any atom is 0.329 e. The number of hydrogen-bond acceptors (Lipinski definition) is 3. The van der Waals surface area contributed by atoms with E-state index in [1.807, 2.05) is 0 Å². The summed E-state index contributed by atoms with van der Waals surface area (Å²) in [6.07, 6.45) is 2.60. The second kappa shape index (κ2) is 4.11. The summed E-state index contributed by atoms with van der Waals surface area (Å²) < 4.78 is 0. The highest BCUT2D eigenvalue weighted by molar-refractivity contribution is 5.79. The van der Waals surface area contributed by atoms with Crippen LogP contribution in [0.1, 0.15) is 0 Å². The smallest absolute Gasteiger partial charge is 0.329 e. The molecule has 1 aliphatic heterocycles. The van der Waals surface area contributed by atoms with Crippen molar-refractivity contribution in [2.24, 2.45) is 5.92 Å². The molecule has 1 saturated heterocycles. The molecule has 1 aliphatic rings. The number of hydrogen-bond donors (Lipinski definition) is 2. The Morgan fingerprint density at radius 3 is 2.92 bits per heavy atom. The number of carboxylic acid groups (broad SMARTS) is 1. The van der Waals surface area contributed by atoms with E-state index in [0.29, 0.717) is 5.92 Å². The molecule has 1 heterocycles. The van der Waals surface area contributed by atoms with Crippen molar-refractivity contribution in [2.75, 3.05) is 26.7 Å². The monoisotopic (exact) mass is 170 g/mol. The van der Waals surface area contributed by atoms with Crippen LogP contribution in [0.3, 0.4) is 0 Å². The van der Waals surface area contributed by atoms with Crippen molar-refractivity contribution >= 4 is 5.97 Å². The van der Waals surface area contributed by atoms with Gasteiger partial charge in [0, 0.05) is 37.8 Å². The summed E-state index contributed by atoms with van der Waals surface area (Å²) >= 11 is 0. The molecule has 0 aromatic carbocycles. The molecule has 1 fully saturated rings. The van der Waals surface area contributed by atoms with Crippen molar-refractivity contribution in [3.8, 4) is 0 Å². The van der Waals surface area contributed by atoms with Crippen LogP contribution >= 0.6 is 0 Å². The van der Waals surface area contributed by atoms with E-state index in [1.54, 1.807) is 0 Å². The van der Waals surface area contributed by atoms with Crippen LogP contribution in [0.15, 0.2) is 12.3 Å². The van der Waals surface area contributed by atoms with E-state index in [-0.39, 0.29) is 0 Å². The Hall–Kier alpha value is -1.03. The summed E-state index contributed by atoms with van der Waals surface area (Å²) in [5, 5.41) is 11.2. The van der Waals surface area contributed by atoms with Crippen LogP contribution in [0, 0.1) is 5.92 Å². The lowest BCUT2D eigenvalue weighted by Gasteiger charge is -2.36. The van der Waals surface area contributed by atoms with Gasteiger partial charge in [-0.1, -0.05) is 0 Å². The van der Waals surface area contributed by atoms with Crippen LogP contribution in [-0.4, -0.2) is 42.7 Å². The first-order valence-corrected chi connectivity index (χ1v) is 4.00. The molecule has 0 aliphatic carbocycles. The molecule has 12 heavy (non-hydrogen) atoms. The molecule has 0 saturated carbocycles. The van der Waals surface area contributed by atoms with Gasteiger partial charge in [0.2, 0.25) is 0 Å². The molecular formula is C8H14N2O2. The Balaban J connectivity index is 2.00. The van der Waals surface area contributed by atoms with Gasteiger partial charge in [-0.25, -0.2) is 4.79 Å². The maximum atomic E-state index is 10.0. The molecule has 0 aromatic heterocycles. The highest BCUT2D eigenvalue weighted by atomic mass is 16.4. The van der Waals surface area contributed by atoms with E-state index < -0.39 is 5.97 Å². The van der Waals surface area contributed by atoms with Gasteiger partial charge in [-0.05, 0) is 7.05 Å². The predicted octanol–water partition coefficient (Wildman–Crippen LogP) is -0.264. The number of nitrogens with zero attached hydrogens (tertiary/aromatic N) is 1. The van der Waals surface area contributed by atoms with Crippen molar-refractivity contribution in [3.63, 3.8) is 0 Å². The second-order valence-electron chi connectivity index (χ2n) is 3.17. The normalized spacial score (nSPS) is 19.4. The first-order chi connectivity index (χ1) is 5.68. The second-order valence-corrected chi connectivity index (χ2v) is 3.17. The van der Waals surface area contributed by atoms with Crippen LogP contribution in [0.4, 0.5) is 0 Å². The molecule has 68 valence electrons. The van der Waals surface area contributed by atoms with Crippen LogP contribution in [-0.2, 0) is 4.79 Å². The minimum atomic E-state index is -0.909. The van der Waals surface area contributed by atoms with Crippen LogP contribution in [0.5, 0.6) is 0 Å². The van der Waals surface area contributed by atoms with Gasteiger partial charge >= 0.3 is 5.97 Å². The summed E-state index contributed by atoms with van der Waals surface area (Å²) in [6, 6.07) is 0. The fraction of sp³-hybridized carbons (Fsp3) is 0.625. The lowest BCUT2D eigenvalue weighted by molar-refractivity contribution is -0.131. The standard InChI is InChI=1S/C8H14N2O2/c1-10-5-7(6-10)4-9-3-2-8(11)12/h2-3,7,9H,4-6H2,1H3,(H,11,12)/b3-2+. The van der Waals surface area contributed by atoms with E-state index in [0.717, 1.165) is 25.7 Å². The van der Waals surface area contributed by atoms with E-state index in [2.05, 4.69) is 17.3 Å². The van der Waals surface area contributed by atoms with E-state index >= 15 is 0 Å². The third-order valence-electron chi connectivity index (χ3n) is 1.89. The van der Waals surface area contributed by atoms with Gasteiger partial charge in [-0.15, -0.1) is 0 Å². The number of nitrogens with one attached hydrogen (secondary N) is 1. The Morgan fingerprint density at radius 2 is 2.42 bits per heavy atom. The molecule has 0 atom stereocenters. The molecule has 4 heteroatoms. The zero-order valence-electron chi connectivity index (χ0n) is 7.16. The summed E-state index contributed by atoms with van der Waals surface area (Å²) in [5.74, 6) is -0.235. The summed E-state index contributed by atoms with van der Waals surface area (Å²) in [6.45, 7) is 3.08. The SMILES string of the molecule is CN1CC(CN/C=C/C(=O)O)C1. The van der Waals surface area contributed by atoms with Crippen LogP contribution in [0.25, 0.3) is 0 Å². The number of carboxylic acids is 1. The molecule has 0 amide bonds. The lowest BCUT2D eigenvalue weighted by atomic mass is 10.0. The maximum absolute atomic E-state index is 10.0. The van der Waals surface area contributed by atoms with E-state index in [1.165, 1.54) is 6.20 Å². The lowest BCUT2D eigenvalue weighted by Crippen LogP contribution is -2.47. The number of likely N-dealkylation sites (tertiary alicyclic amines) is 1. The number of rotatable bonds is 4. The van der Waals surface area contributed by atoms with Crippen molar-refractivity contribution in [1.82, 2.24) is 10.2 Å². The van der Waals surface area contributed by atoms with Gasteiger partial charge in [0.1, 0.15) is 0 Å². The number of carbonyl (C=O) groups is 1. The third kappa shape index (κ3) is 2.92. The molecule has 0 aromatic rings. The molecule has 0 radical (unpaired) electrons. The van der Waals surface area contributed by atoms with Gasteiger partial charge in [-0.3, -0.25) is 0 Å². The zero-order chi connectivity index (χ0) is 8.97. The van der Waals surface area contributed by atoms with Crippen molar-refractivity contribution in [1.29, 1.82) is 0 Å². The summed E-state index contributed by atoms with van der Waals surface area (Å²) in [4.78, 5) is 12.3. The van der Waals surface area contributed by atoms with Gasteiger partial charge < -0.3 is 15.3 Å². The summed E-state index contributed by atoms with van der Waals surface area (Å²) in [5.41, 5.74) is 0. The molecular weight excluding hydrogens is 156 g/mol. The highest BCUT2D eigenvalue weighted by Crippen LogP contribution is 2.10. The molecule has 0 bridgehead atoms. The third-order valence-corrected chi connectivity index (χ3v) is 1.89. The van der Waals surface area contributed by atoms with Crippen molar-refractivity contribution in [3.05, 3.63) is 12.3 Å². The zero-order valence-corrected chi connectivity index (χ0v) is 7.16. The molecule has 2 N–H and O–H groups in total. The fourth-order valence-corrected chi connectivity index (χ4v) is 1.32. The van der Waals surface area contributed by atoms with Gasteiger partial charge in [-0.2, -0.15) is 0 Å². The summed E-state index contributed by atoms with van der Waals surface area (Å²) in [7, 11) is 2.07. The van der Waals surface area contributed by atoms with Crippen LogP contribution in [0.2, 0.25) is 0 Å². The average Bonchev–Trinajstić information content (AvgIpc) is 1.93. The highest BCUT2D eigenvalue weighted by Gasteiger charge is 2.21. The van der Waals surface area contributed by atoms with E-state index in [9.17, 15) is 4.79 Å². The topological polar surface area (TPSA) is 52.6 Å². The van der Waals surface area contributed by atoms with Gasteiger partial charge in [0.15, 0.2) is 0 Å². The Morgan fingerprint density at radius 1 is 1.75 bits per heavy atom. The van der Waals surface area contributed by atoms with Gasteiger partial charge in [0.25, 0.3) is 0 Å². The number of aliphatic carboxylic acids is 1. The van der Waals surface area contributed by atoms with Crippen LogP contribution < -0.4 is 5.32 Å². The molecule has 4 nitrogen and oxygen atoms in total. The Labute approximate surface area is 71.9 Å². The molecule has 0 spiro atoms. The minimum absolute atomic E-state index is 0.674. The predicted molar refractivity (Wildman–Crippen MR) is 45.8 cm³/mol. The molecule has 0 unspecified atom stereocenters. The average molecular weight is 170 g/mol. The molecule has 1 rings (SSSR count). The Kier molecular flexibility index (Phi) is 3.10. The Bertz CT molecular complexity index is 185. The fourth-order valence-electron chi connectivity index (χ4n) is 1.32. The van der Waals surface area contributed by atoms with Crippen molar-refractivity contribution in [2.45, 2.75) is 0 Å². The van der Waals surface area contributed by atoms with Gasteiger partial charge in [0.05, 0.1) is 0 Å². The first kappa shape index (κ1) is 9.06.